The maximum Gasteiger partial charge on any atom is 0.262 e. The lowest BCUT2D eigenvalue weighted by atomic mass is 10.1. The standard InChI is InChI=1S/C18H17N5O3/c1-9-6-12(16-10(2)22-23(3)17(16)19-9)18(25)20-11-4-5-14-13(7-11)21-15(24)8-26-14/h4-7H,8H2,1-3H3,(H,20,25)(H,21,24). The van der Waals surface area contributed by atoms with Crippen molar-refractivity contribution < 1.29 is 14.3 Å². The summed E-state index contributed by atoms with van der Waals surface area (Å²) in [5.41, 5.74) is 3.74. The van der Waals surface area contributed by atoms with Gasteiger partial charge in [0, 0.05) is 18.4 Å². The van der Waals surface area contributed by atoms with Crippen molar-refractivity contribution in [2.24, 2.45) is 7.05 Å². The zero-order valence-electron chi connectivity index (χ0n) is 14.6. The molecule has 2 N–H and O–H groups in total. The molecule has 0 fully saturated rings. The predicted molar refractivity (Wildman–Crippen MR) is 96.5 cm³/mol. The maximum absolute atomic E-state index is 12.9. The van der Waals surface area contributed by atoms with E-state index in [4.69, 9.17) is 4.74 Å². The molecule has 3 heterocycles. The number of hydrogen-bond donors (Lipinski definition) is 2. The molecule has 2 aromatic heterocycles. The second-order valence-electron chi connectivity index (χ2n) is 6.22. The van der Waals surface area contributed by atoms with Crippen molar-refractivity contribution in [1.29, 1.82) is 0 Å². The number of anilines is 2. The van der Waals surface area contributed by atoms with Crippen LogP contribution in [0.5, 0.6) is 5.75 Å². The van der Waals surface area contributed by atoms with Crippen LogP contribution in [0.15, 0.2) is 24.3 Å². The highest BCUT2D eigenvalue weighted by atomic mass is 16.5. The smallest absolute Gasteiger partial charge is 0.262 e. The number of amides is 2. The van der Waals surface area contributed by atoms with Gasteiger partial charge in [-0.05, 0) is 38.1 Å². The molecule has 0 spiro atoms. The van der Waals surface area contributed by atoms with Gasteiger partial charge in [0.2, 0.25) is 0 Å². The number of nitrogens with zero attached hydrogens (tertiary/aromatic N) is 3. The SMILES string of the molecule is Cc1cc(C(=O)Nc2ccc3c(c2)NC(=O)CO3)c2c(C)nn(C)c2n1. The van der Waals surface area contributed by atoms with Crippen molar-refractivity contribution in [3.63, 3.8) is 0 Å². The summed E-state index contributed by atoms with van der Waals surface area (Å²) in [7, 11) is 1.80. The van der Waals surface area contributed by atoms with E-state index in [2.05, 4.69) is 20.7 Å². The van der Waals surface area contributed by atoms with E-state index in [9.17, 15) is 9.59 Å². The van der Waals surface area contributed by atoms with Crippen LogP contribution in [0.25, 0.3) is 11.0 Å². The second-order valence-corrected chi connectivity index (χ2v) is 6.22. The average Bonchev–Trinajstić information content (AvgIpc) is 2.87. The van der Waals surface area contributed by atoms with Crippen molar-refractivity contribution >= 4 is 34.2 Å². The van der Waals surface area contributed by atoms with E-state index < -0.39 is 0 Å². The first kappa shape index (κ1) is 16.1. The Morgan fingerprint density at radius 2 is 2.12 bits per heavy atom. The molecule has 3 aromatic rings. The molecule has 0 atom stereocenters. The number of fused-ring (bicyclic) bond motifs is 2. The van der Waals surface area contributed by atoms with Gasteiger partial charge in [-0.3, -0.25) is 14.3 Å². The quantitative estimate of drug-likeness (QED) is 0.737. The van der Waals surface area contributed by atoms with Gasteiger partial charge < -0.3 is 15.4 Å². The average molecular weight is 351 g/mol. The molecule has 0 aliphatic carbocycles. The van der Waals surface area contributed by atoms with Crippen molar-refractivity contribution in [2.75, 3.05) is 17.2 Å². The molecule has 132 valence electrons. The van der Waals surface area contributed by atoms with Gasteiger partial charge in [0.25, 0.3) is 11.8 Å². The molecule has 0 unspecified atom stereocenters. The minimum absolute atomic E-state index is 0.00668. The van der Waals surface area contributed by atoms with E-state index in [0.717, 1.165) is 16.8 Å². The Morgan fingerprint density at radius 3 is 2.92 bits per heavy atom. The molecule has 0 saturated heterocycles. The van der Waals surface area contributed by atoms with Gasteiger partial charge in [0.15, 0.2) is 12.3 Å². The van der Waals surface area contributed by atoms with Crippen molar-refractivity contribution in [3.05, 3.63) is 41.2 Å². The van der Waals surface area contributed by atoms with Crippen LogP contribution in [0.1, 0.15) is 21.7 Å². The summed E-state index contributed by atoms with van der Waals surface area (Å²) in [4.78, 5) is 28.8. The molecule has 1 aliphatic heterocycles. The highest BCUT2D eigenvalue weighted by Crippen LogP contribution is 2.31. The number of ether oxygens (including phenoxy) is 1. The van der Waals surface area contributed by atoms with Crippen LogP contribution < -0.4 is 15.4 Å². The molecule has 0 saturated carbocycles. The molecule has 1 aromatic carbocycles. The monoisotopic (exact) mass is 351 g/mol. The van der Waals surface area contributed by atoms with Gasteiger partial charge in [-0.25, -0.2) is 4.98 Å². The Labute approximate surface area is 149 Å². The van der Waals surface area contributed by atoms with E-state index in [1.807, 2.05) is 13.8 Å². The first-order valence-corrected chi connectivity index (χ1v) is 8.11. The lowest BCUT2D eigenvalue weighted by Gasteiger charge is -2.18. The number of rotatable bonds is 2. The normalized spacial score (nSPS) is 13.1. The van der Waals surface area contributed by atoms with Crippen LogP contribution in [0, 0.1) is 13.8 Å². The van der Waals surface area contributed by atoms with E-state index in [-0.39, 0.29) is 18.4 Å². The zero-order valence-corrected chi connectivity index (χ0v) is 14.6. The maximum atomic E-state index is 12.9. The fraction of sp³-hybridized carbons (Fsp3) is 0.222. The number of carbonyl (C=O) groups is 2. The molecule has 0 radical (unpaired) electrons. The summed E-state index contributed by atoms with van der Waals surface area (Å²) >= 11 is 0. The molecule has 1 aliphatic rings. The minimum Gasteiger partial charge on any atom is -0.482 e. The number of pyridine rings is 1. The molecular formula is C18H17N5O3. The van der Waals surface area contributed by atoms with E-state index in [0.29, 0.717) is 28.3 Å². The van der Waals surface area contributed by atoms with Gasteiger partial charge in [-0.2, -0.15) is 5.10 Å². The number of nitrogens with one attached hydrogen (secondary N) is 2. The number of carbonyl (C=O) groups excluding carboxylic acids is 2. The van der Waals surface area contributed by atoms with E-state index in [1.54, 1.807) is 36.0 Å². The Hall–Kier alpha value is -3.42. The fourth-order valence-electron chi connectivity index (χ4n) is 3.11. The van der Waals surface area contributed by atoms with Crippen molar-refractivity contribution in [3.8, 4) is 5.75 Å². The minimum atomic E-state index is -0.264. The van der Waals surface area contributed by atoms with E-state index >= 15 is 0 Å². The third-order valence-electron chi connectivity index (χ3n) is 4.21. The Balaban J connectivity index is 1.70. The van der Waals surface area contributed by atoms with Crippen LogP contribution in [-0.2, 0) is 11.8 Å². The van der Waals surface area contributed by atoms with Crippen LogP contribution in [-0.4, -0.2) is 33.2 Å². The van der Waals surface area contributed by atoms with E-state index in [1.165, 1.54) is 0 Å². The fourth-order valence-corrected chi connectivity index (χ4v) is 3.11. The molecule has 8 heteroatoms. The van der Waals surface area contributed by atoms with Crippen LogP contribution >= 0.6 is 0 Å². The Bertz CT molecular complexity index is 1070. The van der Waals surface area contributed by atoms with Gasteiger partial charge >= 0.3 is 0 Å². The molecule has 0 bridgehead atoms. The molecule has 8 nitrogen and oxygen atoms in total. The predicted octanol–water partition coefficient (Wildman–Crippen LogP) is 2.17. The van der Waals surface area contributed by atoms with Crippen molar-refractivity contribution in [2.45, 2.75) is 13.8 Å². The summed E-state index contributed by atoms with van der Waals surface area (Å²) in [6.07, 6.45) is 0. The molecule has 4 rings (SSSR count). The Morgan fingerprint density at radius 1 is 1.31 bits per heavy atom. The van der Waals surface area contributed by atoms with Crippen LogP contribution in [0.3, 0.4) is 0 Å². The van der Waals surface area contributed by atoms with Crippen molar-refractivity contribution in [1.82, 2.24) is 14.8 Å². The summed E-state index contributed by atoms with van der Waals surface area (Å²) in [5, 5.41) is 10.7. The highest BCUT2D eigenvalue weighted by Gasteiger charge is 2.20. The lowest BCUT2D eigenvalue weighted by Crippen LogP contribution is -2.25. The lowest BCUT2D eigenvalue weighted by molar-refractivity contribution is -0.118. The number of hydrogen-bond acceptors (Lipinski definition) is 5. The summed E-state index contributed by atoms with van der Waals surface area (Å²) in [6, 6.07) is 6.87. The number of aryl methyl sites for hydroxylation is 3. The molecular weight excluding hydrogens is 334 g/mol. The van der Waals surface area contributed by atoms with Gasteiger partial charge in [0.05, 0.1) is 22.3 Å². The summed E-state index contributed by atoms with van der Waals surface area (Å²) in [5.74, 6) is 0.0888. The highest BCUT2D eigenvalue weighted by molar-refractivity contribution is 6.13. The molecule has 2 amide bonds. The van der Waals surface area contributed by atoms with Crippen LogP contribution in [0.4, 0.5) is 11.4 Å². The summed E-state index contributed by atoms with van der Waals surface area (Å²) < 4.78 is 7.00. The first-order valence-electron chi connectivity index (χ1n) is 8.11. The van der Waals surface area contributed by atoms with Gasteiger partial charge in [0.1, 0.15) is 5.75 Å². The van der Waals surface area contributed by atoms with Gasteiger partial charge in [-0.15, -0.1) is 0 Å². The Kier molecular flexibility index (Phi) is 3.61. The third kappa shape index (κ3) is 2.65. The topological polar surface area (TPSA) is 98.1 Å². The second kappa shape index (κ2) is 5.83. The number of aromatic nitrogens is 3. The number of benzene rings is 1. The third-order valence-corrected chi connectivity index (χ3v) is 4.21. The first-order chi connectivity index (χ1) is 12.4. The van der Waals surface area contributed by atoms with Gasteiger partial charge in [-0.1, -0.05) is 0 Å². The zero-order chi connectivity index (χ0) is 18.4. The van der Waals surface area contributed by atoms with Crippen LogP contribution in [0.2, 0.25) is 0 Å². The largest absolute Gasteiger partial charge is 0.482 e. The molecule has 26 heavy (non-hydrogen) atoms. The summed E-state index contributed by atoms with van der Waals surface area (Å²) in [6.45, 7) is 3.68.